The van der Waals surface area contributed by atoms with E-state index in [1.165, 1.54) is 0 Å². The van der Waals surface area contributed by atoms with Crippen molar-refractivity contribution in [3.8, 4) is 28.7 Å². The normalized spacial score (nSPS) is 10.9. The van der Waals surface area contributed by atoms with Crippen LogP contribution in [0.15, 0.2) is 4.90 Å². The Bertz CT molecular complexity index is 571. The van der Waals surface area contributed by atoms with Crippen LogP contribution in [0, 0.1) is 0 Å². The Hall–Kier alpha value is -2.22. The van der Waals surface area contributed by atoms with Crippen molar-refractivity contribution in [2.24, 2.45) is 0 Å². The molecule has 0 aliphatic heterocycles. The van der Waals surface area contributed by atoms with Crippen molar-refractivity contribution < 1.29 is 60.3 Å². The quantitative estimate of drug-likeness (QED) is 0.627. The van der Waals surface area contributed by atoms with Crippen LogP contribution in [0.4, 0.5) is 22.6 Å². The summed E-state index contributed by atoms with van der Waals surface area (Å²) >= 11 is 0. The van der Waals surface area contributed by atoms with Gasteiger partial charge in [-0.3, -0.25) is 29.3 Å². The molecule has 0 atom stereocenters. The SMILES string of the molecule is O=S(=O)(O)c1c(OF)c(OF)c(OF)c(OF)c1OF. The molecule has 0 amide bonds. The van der Waals surface area contributed by atoms with Gasteiger partial charge in [0.15, 0.2) is 4.90 Å². The lowest BCUT2D eigenvalue weighted by molar-refractivity contribution is -0.0774. The van der Waals surface area contributed by atoms with E-state index < -0.39 is 43.8 Å². The molecule has 0 radical (unpaired) electrons. The molecule has 0 heterocycles. The molecule has 14 heteroatoms. The van der Waals surface area contributed by atoms with E-state index >= 15 is 0 Å². The minimum atomic E-state index is -5.58. The molecule has 0 spiro atoms. The monoisotopic (exact) mass is 328 g/mol. The zero-order valence-electron chi connectivity index (χ0n) is 8.60. The third-order valence-electron chi connectivity index (χ3n) is 1.88. The lowest BCUT2D eigenvalue weighted by Gasteiger charge is -2.12. The van der Waals surface area contributed by atoms with Crippen molar-refractivity contribution in [1.82, 2.24) is 0 Å². The second-order valence-corrected chi connectivity index (χ2v) is 4.19. The highest BCUT2D eigenvalue weighted by Crippen LogP contribution is 2.56. The lowest BCUT2D eigenvalue weighted by Crippen LogP contribution is -2.06. The van der Waals surface area contributed by atoms with Gasteiger partial charge < -0.3 is 0 Å². The standard InChI is InChI=1S/C6HF5O8S/c7-15-1-2(16-8)4(18-10)6(20(12,13)14)5(19-11)3(1)17-9/h(H,12,13,14). The van der Waals surface area contributed by atoms with Gasteiger partial charge in [-0.15, -0.1) is 0 Å². The van der Waals surface area contributed by atoms with Gasteiger partial charge in [-0.2, -0.15) is 8.42 Å². The summed E-state index contributed by atoms with van der Waals surface area (Å²) in [5, 5.41) is 0. The molecule has 114 valence electrons. The molecule has 0 aromatic heterocycles. The van der Waals surface area contributed by atoms with Gasteiger partial charge >= 0.3 is 10.1 Å². The Morgan fingerprint density at radius 2 is 0.900 bits per heavy atom. The first-order valence-corrected chi connectivity index (χ1v) is 5.45. The summed E-state index contributed by atoms with van der Waals surface area (Å²) in [6.45, 7) is 0. The van der Waals surface area contributed by atoms with E-state index in [1.54, 1.807) is 0 Å². The van der Waals surface area contributed by atoms with E-state index in [1.807, 2.05) is 0 Å². The summed E-state index contributed by atoms with van der Waals surface area (Å²) < 4.78 is 91.4. The smallest absolute Gasteiger partial charge is 0.288 e. The van der Waals surface area contributed by atoms with Crippen molar-refractivity contribution in [3.05, 3.63) is 0 Å². The third-order valence-corrected chi connectivity index (χ3v) is 2.77. The van der Waals surface area contributed by atoms with E-state index in [-0.39, 0.29) is 0 Å². The molecule has 1 rings (SSSR count). The van der Waals surface area contributed by atoms with Crippen LogP contribution in [0.25, 0.3) is 0 Å². The summed E-state index contributed by atoms with van der Waals surface area (Å²) in [6, 6.07) is 0. The first-order valence-electron chi connectivity index (χ1n) is 4.01. The van der Waals surface area contributed by atoms with E-state index in [0.717, 1.165) is 0 Å². The lowest BCUT2D eigenvalue weighted by atomic mass is 10.2. The number of halogens is 5. The van der Waals surface area contributed by atoms with Gasteiger partial charge in [-0.05, 0) is 0 Å². The van der Waals surface area contributed by atoms with Gasteiger partial charge in [-0.25, -0.2) is 0 Å². The highest BCUT2D eigenvalue weighted by atomic mass is 32.2. The average molecular weight is 328 g/mol. The molecule has 0 saturated carbocycles. The summed E-state index contributed by atoms with van der Waals surface area (Å²) in [5.41, 5.74) is 0. The summed E-state index contributed by atoms with van der Waals surface area (Å²) in [7, 11) is -5.58. The highest BCUT2D eigenvalue weighted by molar-refractivity contribution is 7.86. The Kier molecular flexibility index (Phi) is 4.61. The Morgan fingerprint density at radius 3 is 1.10 bits per heavy atom. The maximum atomic E-state index is 12.2. The van der Waals surface area contributed by atoms with Crippen LogP contribution < -0.4 is 24.7 Å². The van der Waals surface area contributed by atoms with E-state index in [0.29, 0.717) is 0 Å². The fourth-order valence-electron chi connectivity index (χ4n) is 1.20. The van der Waals surface area contributed by atoms with Crippen LogP contribution in [0.1, 0.15) is 0 Å². The van der Waals surface area contributed by atoms with Crippen LogP contribution in [0.2, 0.25) is 0 Å². The average Bonchev–Trinajstić information content (AvgIpc) is 2.42. The highest BCUT2D eigenvalue weighted by Gasteiger charge is 2.40. The van der Waals surface area contributed by atoms with E-state index in [9.17, 15) is 31.0 Å². The van der Waals surface area contributed by atoms with Crippen molar-refractivity contribution in [3.63, 3.8) is 0 Å². The molecule has 0 unspecified atom stereocenters. The Labute approximate surface area is 105 Å². The van der Waals surface area contributed by atoms with Crippen molar-refractivity contribution in [1.29, 1.82) is 0 Å². The van der Waals surface area contributed by atoms with Gasteiger partial charge in [0.25, 0.3) is 17.2 Å². The van der Waals surface area contributed by atoms with Crippen molar-refractivity contribution in [2.75, 3.05) is 0 Å². The molecule has 0 fully saturated rings. The van der Waals surface area contributed by atoms with Crippen LogP contribution >= 0.6 is 0 Å². The predicted molar refractivity (Wildman–Crippen MR) is 44.9 cm³/mol. The fraction of sp³-hybridized carbons (Fsp3) is 0. The second kappa shape index (κ2) is 5.83. The molecule has 1 aromatic carbocycles. The first-order chi connectivity index (χ1) is 9.37. The maximum absolute atomic E-state index is 12.2. The molecular weight excluding hydrogens is 327 g/mol. The van der Waals surface area contributed by atoms with Gasteiger partial charge in [-0.1, -0.05) is 0 Å². The topological polar surface area (TPSA) is 101 Å². The van der Waals surface area contributed by atoms with E-state index in [4.69, 9.17) is 4.55 Å². The van der Waals surface area contributed by atoms with Gasteiger partial charge in [0.05, 0.1) is 0 Å². The largest absolute Gasteiger partial charge is 0.302 e. The molecule has 0 aliphatic carbocycles. The molecule has 1 aromatic rings. The van der Waals surface area contributed by atoms with Crippen LogP contribution in [-0.4, -0.2) is 13.0 Å². The summed E-state index contributed by atoms with van der Waals surface area (Å²) in [4.78, 5) is 12.0. The molecule has 0 saturated heterocycles. The molecule has 8 nitrogen and oxygen atoms in total. The second-order valence-electron chi connectivity index (χ2n) is 2.84. The van der Waals surface area contributed by atoms with Gasteiger partial charge in [0.2, 0.25) is 11.5 Å². The molecule has 20 heavy (non-hydrogen) atoms. The third kappa shape index (κ3) is 2.42. The number of hydrogen-bond donors (Lipinski definition) is 1. The van der Waals surface area contributed by atoms with E-state index in [2.05, 4.69) is 24.7 Å². The van der Waals surface area contributed by atoms with Gasteiger partial charge in [0.1, 0.15) is 0 Å². The fourth-order valence-corrected chi connectivity index (χ4v) is 1.92. The van der Waals surface area contributed by atoms with Crippen molar-refractivity contribution in [2.45, 2.75) is 4.90 Å². The maximum Gasteiger partial charge on any atom is 0.302 e. The first kappa shape index (κ1) is 15.8. The summed E-state index contributed by atoms with van der Waals surface area (Å²) in [5.74, 6) is -9.41. The molecule has 1 N–H and O–H groups in total. The number of benzene rings is 1. The predicted octanol–water partition coefficient (Wildman–Crippen LogP) is 2.25. The molecule has 0 bridgehead atoms. The Balaban J connectivity index is 4.01. The van der Waals surface area contributed by atoms with Crippen LogP contribution in [-0.2, 0) is 10.1 Å². The van der Waals surface area contributed by atoms with Gasteiger partial charge in [0, 0.05) is 22.6 Å². The summed E-state index contributed by atoms with van der Waals surface area (Å²) in [6.07, 6.45) is 0. The zero-order valence-corrected chi connectivity index (χ0v) is 9.42. The minimum absolute atomic E-state index is 1.82. The van der Waals surface area contributed by atoms with Crippen molar-refractivity contribution >= 4 is 10.1 Å². The Morgan fingerprint density at radius 1 is 0.650 bits per heavy atom. The minimum Gasteiger partial charge on any atom is -0.288 e. The number of rotatable bonds is 6. The molecule has 0 aliphatic rings. The zero-order chi connectivity index (χ0) is 15.5. The van der Waals surface area contributed by atoms with Crippen LogP contribution in [0.3, 0.4) is 0 Å². The molecular formula is C6HF5O8S. The van der Waals surface area contributed by atoms with Crippen LogP contribution in [0.5, 0.6) is 28.7 Å². The number of hydrogen-bond acceptors (Lipinski definition) is 7.